The Hall–Kier alpha value is -3.80. The van der Waals surface area contributed by atoms with Gasteiger partial charge in [0, 0.05) is 5.56 Å². The summed E-state index contributed by atoms with van der Waals surface area (Å²) in [7, 11) is 0. The van der Waals surface area contributed by atoms with E-state index in [2.05, 4.69) is 10.2 Å². The van der Waals surface area contributed by atoms with E-state index in [-0.39, 0.29) is 22.9 Å². The Morgan fingerprint density at radius 3 is 2.52 bits per heavy atom. The minimum Gasteiger partial charge on any atom is -0.420 e. The van der Waals surface area contributed by atoms with Gasteiger partial charge < -0.3 is 10.5 Å². The van der Waals surface area contributed by atoms with E-state index in [0.29, 0.717) is 16.8 Å². The highest BCUT2D eigenvalue weighted by Gasteiger charge is 2.37. The maximum atomic E-state index is 13.3. The molecule has 3 aromatic rings. The van der Waals surface area contributed by atoms with Gasteiger partial charge in [0.1, 0.15) is 17.5 Å². The first-order valence-corrected chi connectivity index (χ1v) is 8.38. The first-order chi connectivity index (χ1) is 13.8. The van der Waals surface area contributed by atoms with Gasteiger partial charge in [-0.3, -0.25) is 5.10 Å². The largest absolute Gasteiger partial charge is 0.420 e. The number of nitrogens with one attached hydrogen (secondary N) is 1. The standard InChI is InChI=1S/C20H12F4N4O/c21-13-6-4-10(5-7-13)17-16-15(11-2-1-3-12(8-11)20(22,23)24)14(9-25)18(26)29-19(16)28-27-17/h1-8,15H,26H2,(H,27,28). The summed E-state index contributed by atoms with van der Waals surface area (Å²) in [6, 6.07) is 12.0. The SMILES string of the molecule is N#CC1=C(N)Oc2n[nH]c(-c3ccc(F)cc3)c2C1c1cccc(C(F)(F)F)c1. The van der Waals surface area contributed by atoms with Gasteiger partial charge in [-0.05, 0) is 35.9 Å². The van der Waals surface area contributed by atoms with Crippen molar-refractivity contribution in [2.75, 3.05) is 0 Å². The van der Waals surface area contributed by atoms with Crippen LogP contribution in [0.2, 0.25) is 0 Å². The molecule has 1 aliphatic rings. The Kier molecular flexibility index (Phi) is 4.27. The molecule has 4 rings (SSSR count). The topological polar surface area (TPSA) is 87.7 Å². The molecule has 1 unspecified atom stereocenters. The Bertz CT molecular complexity index is 1160. The number of halogens is 4. The second kappa shape index (κ2) is 6.67. The van der Waals surface area contributed by atoms with E-state index in [0.717, 1.165) is 12.1 Å². The summed E-state index contributed by atoms with van der Waals surface area (Å²) in [5.41, 5.74) is 6.41. The summed E-state index contributed by atoms with van der Waals surface area (Å²) in [6.45, 7) is 0. The molecule has 0 saturated carbocycles. The summed E-state index contributed by atoms with van der Waals surface area (Å²) in [4.78, 5) is 0. The van der Waals surface area contributed by atoms with Gasteiger partial charge in [-0.25, -0.2) is 4.39 Å². The van der Waals surface area contributed by atoms with Gasteiger partial charge in [0.15, 0.2) is 0 Å². The Morgan fingerprint density at radius 2 is 1.86 bits per heavy atom. The number of nitrogens with two attached hydrogens (primary N) is 1. The number of hydrogen-bond acceptors (Lipinski definition) is 4. The third-order valence-electron chi connectivity index (χ3n) is 4.62. The van der Waals surface area contributed by atoms with Gasteiger partial charge in [-0.1, -0.05) is 18.2 Å². The van der Waals surface area contributed by atoms with Crippen LogP contribution >= 0.6 is 0 Å². The van der Waals surface area contributed by atoms with Crippen molar-refractivity contribution in [3.05, 3.63) is 82.5 Å². The second-order valence-corrected chi connectivity index (χ2v) is 6.37. The van der Waals surface area contributed by atoms with Crippen LogP contribution in [0.4, 0.5) is 17.6 Å². The molecule has 0 bridgehead atoms. The maximum absolute atomic E-state index is 13.3. The molecule has 0 aliphatic carbocycles. The van der Waals surface area contributed by atoms with Gasteiger partial charge in [0.25, 0.3) is 0 Å². The number of nitriles is 1. The van der Waals surface area contributed by atoms with E-state index < -0.39 is 23.5 Å². The summed E-state index contributed by atoms with van der Waals surface area (Å²) in [5.74, 6) is -1.58. The van der Waals surface area contributed by atoms with Crippen molar-refractivity contribution in [2.45, 2.75) is 12.1 Å². The minimum atomic E-state index is -4.55. The molecule has 146 valence electrons. The summed E-state index contributed by atoms with van der Waals surface area (Å²) >= 11 is 0. The number of aromatic amines is 1. The van der Waals surface area contributed by atoms with Gasteiger partial charge >= 0.3 is 6.18 Å². The first-order valence-electron chi connectivity index (χ1n) is 8.38. The number of aromatic nitrogens is 2. The number of nitrogens with zero attached hydrogens (tertiary/aromatic N) is 2. The molecule has 0 spiro atoms. The van der Waals surface area contributed by atoms with E-state index in [1.54, 1.807) is 0 Å². The van der Waals surface area contributed by atoms with Gasteiger partial charge in [0.05, 0.1) is 22.7 Å². The second-order valence-electron chi connectivity index (χ2n) is 6.37. The Labute approximate surface area is 162 Å². The third kappa shape index (κ3) is 3.18. The van der Waals surface area contributed by atoms with Crippen molar-refractivity contribution in [3.63, 3.8) is 0 Å². The fourth-order valence-electron chi connectivity index (χ4n) is 3.31. The molecule has 1 aromatic heterocycles. The van der Waals surface area contributed by atoms with Gasteiger partial charge in [-0.15, -0.1) is 5.10 Å². The molecule has 0 amide bonds. The molecule has 9 heteroatoms. The van der Waals surface area contributed by atoms with E-state index in [9.17, 15) is 22.8 Å². The highest BCUT2D eigenvalue weighted by molar-refractivity contribution is 5.70. The molecular weight excluding hydrogens is 388 g/mol. The van der Waals surface area contributed by atoms with Crippen molar-refractivity contribution in [1.82, 2.24) is 10.2 Å². The lowest BCUT2D eigenvalue weighted by molar-refractivity contribution is -0.137. The number of benzene rings is 2. The number of alkyl halides is 3. The van der Waals surface area contributed by atoms with Crippen LogP contribution in [0.1, 0.15) is 22.6 Å². The zero-order chi connectivity index (χ0) is 20.8. The van der Waals surface area contributed by atoms with E-state index in [4.69, 9.17) is 10.5 Å². The van der Waals surface area contributed by atoms with Crippen LogP contribution in [-0.4, -0.2) is 10.2 Å². The lowest BCUT2D eigenvalue weighted by atomic mass is 9.82. The van der Waals surface area contributed by atoms with Crippen LogP contribution in [0.5, 0.6) is 5.88 Å². The minimum absolute atomic E-state index is 0.0402. The molecule has 1 atom stereocenters. The summed E-state index contributed by atoms with van der Waals surface area (Å²) in [6.07, 6.45) is -4.55. The molecule has 2 aromatic carbocycles. The first kappa shape index (κ1) is 18.6. The molecule has 2 heterocycles. The maximum Gasteiger partial charge on any atom is 0.416 e. The molecule has 5 nitrogen and oxygen atoms in total. The molecule has 3 N–H and O–H groups in total. The fourth-order valence-corrected chi connectivity index (χ4v) is 3.31. The average Bonchev–Trinajstić information content (AvgIpc) is 3.10. The zero-order valence-electron chi connectivity index (χ0n) is 14.6. The van der Waals surface area contributed by atoms with Crippen LogP contribution in [0.25, 0.3) is 11.3 Å². The molecule has 0 fully saturated rings. The summed E-state index contributed by atoms with van der Waals surface area (Å²) in [5, 5.41) is 16.4. The number of rotatable bonds is 2. The van der Waals surface area contributed by atoms with Crippen LogP contribution < -0.4 is 10.5 Å². The van der Waals surface area contributed by atoms with Crippen LogP contribution in [-0.2, 0) is 6.18 Å². The number of allylic oxidation sites excluding steroid dienone is 1. The smallest absolute Gasteiger partial charge is 0.416 e. The van der Waals surface area contributed by atoms with Gasteiger partial charge in [-0.2, -0.15) is 18.4 Å². The number of H-pyrrole nitrogens is 1. The highest BCUT2D eigenvalue weighted by Crippen LogP contribution is 2.46. The zero-order valence-corrected chi connectivity index (χ0v) is 14.6. The van der Waals surface area contributed by atoms with Crippen molar-refractivity contribution in [2.24, 2.45) is 5.73 Å². The highest BCUT2D eigenvalue weighted by atomic mass is 19.4. The number of hydrogen-bond donors (Lipinski definition) is 2. The summed E-state index contributed by atoms with van der Waals surface area (Å²) < 4.78 is 58.4. The van der Waals surface area contributed by atoms with Crippen molar-refractivity contribution in [1.29, 1.82) is 5.26 Å². The third-order valence-corrected chi connectivity index (χ3v) is 4.62. The molecule has 0 saturated heterocycles. The van der Waals surface area contributed by atoms with E-state index in [1.165, 1.54) is 36.4 Å². The molecule has 0 radical (unpaired) electrons. The monoisotopic (exact) mass is 400 g/mol. The quantitative estimate of drug-likeness (QED) is 0.622. The normalized spacial score (nSPS) is 16.2. The Morgan fingerprint density at radius 1 is 1.14 bits per heavy atom. The van der Waals surface area contributed by atoms with Crippen molar-refractivity contribution < 1.29 is 22.3 Å². The van der Waals surface area contributed by atoms with E-state index >= 15 is 0 Å². The average molecular weight is 400 g/mol. The number of ether oxygens (including phenoxy) is 1. The number of fused-ring (bicyclic) bond motifs is 1. The molecule has 29 heavy (non-hydrogen) atoms. The van der Waals surface area contributed by atoms with E-state index in [1.807, 2.05) is 6.07 Å². The van der Waals surface area contributed by atoms with Gasteiger partial charge in [0.2, 0.25) is 11.8 Å². The predicted molar refractivity (Wildman–Crippen MR) is 94.7 cm³/mol. The molecule has 1 aliphatic heterocycles. The lowest BCUT2D eigenvalue weighted by Crippen LogP contribution is -2.21. The lowest BCUT2D eigenvalue weighted by Gasteiger charge is -2.24. The van der Waals surface area contributed by atoms with Crippen molar-refractivity contribution >= 4 is 0 Å². The molecular formula is C20H12F4N4O. The van der Waals surface area contributed by atoms with Crippen molar-refractivity contribution in [3.8, 4) is 23.2 Å². The fraction of sp³-hybridized carbons (Fsp3) is 0.100. The van der Waals surface area contributed by atoms with Crippen LogP contribution in [0, 0.1) is 17.1 Å². The predicted octanol–water partition coefficient (Wildman–Crippen LogP) is 4.45. The van der Waals surface area contributed by atoms with Crippen LogP contribution in [0.15, 0.2) is 60.0 Å². The van der Waals surface area contributed by atoms with Crippen LogP contribution in [0.3, 0.4) is 0 Å². The Balaban J connectivity index is 1.94.